The number of amides is 1. The van der Waals surface area contributed by atoms with Crippen LogP contribution in [0.5, 0.6) is 0 Å². The van der Waals surface area contributed by atoms with E-state index in [2.05, 4.69) is 4.98 Å². The topological polar surface area (TPSA) is 33.2 Å². The molecule has 0 N–H and O–H groups in total. The summed E-state index contributed by atoms with van der Waals surface area (Å²) in [4.78, 5) is 19.2. The van der Waals surface area contributed by atoms with E-state index in [4.69, 9.17) is 0 Å². The Labute approximate surface area is 94.1 Å². The van der Waals surface area contributed by atoms with Crippen LogP contribution in [0.1, 0.15) is 41.0 Å². The van der Waals surface area contributed by atoms with Gasteiger partial charge in [-0.25, -0.2) is 4.98 Å². The molecule has 0 aliphatic carbocycles. The van der Waals surface area contributed by atoms with E-state index in [1.807, 2.05) is 11.8 Å². The Hall–Kier alpha value is -0.900. The molecule has 15 heavy (non-hydrogen) atoms. The molecular formula is C11H16N2OS. The average Bonchev–Trinajstić information content (AvgIpc) is 2.53. The Bertz CT molecular complexity index is 340. The van der Waals surface area contributed by atoms with Gasteiger partial charge in [0.25, 0.3) is 5.91 Å². The number of carbonyl (C=O) groups is 1. The van der Waals surface area contributed by atoms with Gasteiger partial charge in [0.2, 0.25) is 0 Å². The van der Waals surface area contributed by atoms with Crippen molar-refractivity contribution in [2.75, 3.05) is 13.1 Å². The maximum absolute atomic E-state index is 12.1. The van der Waals surface area contributed by atoms with Crippen molar-refractivity contribution in [2.45, 2.75) is 32.6 Å². The zero-order valence-corrected chi connectivity index (χ0v) is 9.85. The van der Waals surface area contributed by atoms with Crippen LogP contribution >= 0.6 is 11.3 Å². The Balaban J connectivity index is 2.09. The first-order valence-corrected chi connectivity index (χ1v) is 6.36. The number of hydrogen-bond acceptors (Lipinski definition) is 3. The molecule has 1 aliphatic rings. The maximum atomic E-state index is 12.1. The van der Waals surface area contributed by atoms with Crippen molar-refractivity contribution in [3.63, 3.8) is 0 Å². The predicted molar refractivity (Wildman–Crippen MR) is 61.2 cm³/mol. The number of aryl methyl sites for hydroxylation is 1. The van der Waals surface area contributed by atoms with Crippen LogP contribution < -0.4 is 0 Å². The molecule has 2 heterocycles. The number of rotatable bonds is 1. The van der Waals surface area contributed by atoms with Crippen molar-refractivity contribution in [1.29, 1.82) is 0 Å². The van der Waals surface area contributed by atoms with Gasteiger partial charge >= 0.3 is 0 Å². The molecule has 0 radical (unpaired) electrons. The molecule has 0 unspecified atom stereocenters. The largest absolute Gasteiger partial charge is 0.337 e. The maximum Gasteiger partial charge on any atom is 0.273 e. The first-order chi connectivity index (χ1) is 7.29. The van der Waals surface area contributed by atoms with E-state index in [9.17, 15) is 4.79 Å². The first-order valence-electron chi connectivity index (χ1n) is 5.48. The monoisotopic (exact) mass is 224 g/mol. The minimum absolute atomic E-state index is 0.121. The standard InChI is InChI=1S/C11H16N2OS/c1-9-10(12-8-15-9)11(14)13-6-4-2-3-5-7-13/h8H,2-7H2,1H3. The summed E-state index contributed by atoms with van der Waals surface area (Å²) in [5.41, 5.74) is 2.40. The van der Waals surface area contributed by atoms with E-state index in [1.54, 1.807) is 16.8 Å². The molecule has 0 aromatic carbocycles. The fourth-order valence-corrected chi connectivity index (χ4v) is 2.50. The van der Waals surface area contributed by atoms with Crippen molar-refractivity contribution in [3.05, 3.63) is 16.1 Å². The Morgan fingerprint density at radius 2 is 2.00 bits per heavy atom. The number of hydrogen-bond donors (Lipinski definition) is 0. The van der Waals surface area contributed by atoms with Gasteiger partial charge < -0.3 is 4.90 Å². The van der Waals surface area contributed by atoms with Gasteiger partial charge in [0, 0.05) is 18.0 Å². The van der Waals surface area contributed by atoms with E-state index >= 15 is 0 Å². The first kappa shape index (κ1) is 10.6. The fourth-order valence-electron chi connectivity index (χ4n) is 1.93. The molecule has 0 saturated carbocycles. The third kappa shape index (κ3) is 2.37. The highest BCUT2D eigenvalue weighted by molar-refractivity contribution is 7.09. The lowest BCUT2D eigenvalue weighted by atomic mass is 10.2. The van der Waals surface area contributed by atoms with E-state index in [0.29, 0.717) is 5.69 Å². The summed E-state index contributed by atoms with van der Waals surface area (Å²) in [6, 6.07) is 0. The lowest BCUT2D eigenvalue weighted by molar-refractivity contribution is 0.0756. The molecule has 0 atom stereocenters. The summed E-state index contributed by atoms with van der Waals surface area (Å²) in [6.07, 6.45) is 4.77. The Kier molecular flexibility index (Phi) is 3.36. The van der Waals surface area contributed by atoms with Gasteiger partial charge in [-0.3, -0.25) is 4.79 Å². The van der Waals surface area contributed by atoms with Crippen LogP contribution in [0.25, 0.3) is 0 Å². The Morgan fingerprint density at radius 3 is 2.53 bits per heavy atom. The predicted octanol–water partition coefficient (Wildman–Crippen LogP) is 2.47. The second-order valence-electron chi connectivity index (χ2n) is 3.96. The van der Waals surface area contributed by atoms with E-state index in [-0.39, 0.29) is 5.91 Å². The highest BCUT2D eigenvalue weighted by Gasteiger charge is 2.20. The van der Waals surface area contributed by atoms with Crippen molar-refractivity contribution in [1.82, 2.24) is 9.88 Å². The van der Waals surface area contributed by atoms with Crippen LogP contribution in [0.15, 0.2) is 5.51 Å². The van der Waals surface area contributed by atoms with Crippen molar-refractivity contribution in [3.8, 4) is 0 Å². The van der Waals surface area contributed by atoms with Crippen LogP contribution in [0.4, 0.5) is 0 Å². The van der Waals surface area contributed by atoms with Gasteiger partial charge in [-0.2, -0.15) is 0 Å². The molecule has 82 valence electrons. The lowest BCUT2D eigenvalue weighted by Crippen LogP contribution is -2.32. The molecule has 1 aromatic rings. The molecule has 2 rings (SSSR count). The van der Waals surface area contributed by atoms with Crippen molar-refractivity contribution < 1.29 is 4.79 Å². The minimum atomic E-state index is 0.121. The molecule has 1 aliphatic heterocycles. The normalized spacial score (nSPS) is 17.5. The molecule has 4 heteroatoms. The third-order valence-corrected chi connectivity index (χ3v) is 3.60. The van der Waals surface area contributed by atoms with E-state index in [0.717, 1.165) is 30.8 Å². The van der Waals surface area contributed by atoms with Crippen LogP contribution in [-0.2, 0) is 0 Å². The van der Waals surface area contributed by atoms with Gasteiger partial charge in [-0.15, -0.1) is 11.3 Å². The summed E-state index contributed by atoms with van der Waals surface area (Å²) in [5.74, 6) is 0.121. The second-order valence-corrected chi connectivity index (χ2v) is 5.02. The third-order valence-electron chi connectivity index (χ3n) is 2.84. The lowest BCUT2D eigenvalue weighted by Gasteiger charge is -2.19. The minimum Gasteiger partial charge on any atom is -0.337 e. The Morgan fingerprint density at radius 1 is 1.33 bits per heavy atom. The molecule has 1 aromatic heterocycles. The molecule has 1 amide bonds. The molecule has 0 bridgehead atoms. The highest BCUT2D eigenvalue weighted by Crippen LogP contribution is 2.16. The van der Waals surface area contributed by atoms with Gasteiger partial charge in [-0.05, 0) is 19.8 Å². The van der Waals surface area contributed by atoms with Gasteiger partial charge in [-0.1, -0.05) is 12.8 Å². The number of nitrogens with zero attached hydrogens (tertiary/aromatic N) is 2. The zero-order chi connectivity index (χ0) is 10.7. The summed E-state index contributed by atoms with van der Waals surface area (Å²) < 4.78 is 0. The van der Waals surface area contributed by atoms with Crippen LogP contribution in [0.3, 0.4) is 0 Å². The summed E-state index contributed by atoms with van der Waals surface area (Å²) in [5, 5.41) is 0. The fraction of sp³-hybridized carbons (Fsp3) is 0.636. The van der Waals surface area contributed by atoms with Gasteiger partial charge in [0.05, 0.1) is 5.51 Å². The summed E-state index contributed by atoms with van der Waals surface area (Å²) in [6.45, 7) is 3.76. The molecular weight excluding hydrogens is 208 g/mol. The smallest absolute Gasteiger partial charge is 0.273 e. The van der Waals surface area contributed by atoms with Crippen LogP contribution in [0.2, 0.25) is 0 Å². The molecule has 1 fully saturated rings. The van der Waals surface area contributed by atoms with Crippen LogP contribution in [-0.4, -0.2) is 28.9 Å². The highest BCUT2D eigenvalue weighted by atomic mass is 32.1. The number of aromatic nitrogens is 1. The van der Waals surface area contributed by atoms with Gasteiger partial charge in [0.15, 0.2) is 0 Å². The van der Waals surface area contributed by atoms with Crippen molar-refractivity contribution in [2.24, 2.45) is 0 Å². The van der Waals surface area contributed by atoms with Gasteiger partial charge in [0.1, 0.15) is 5.69 Å². The SMILES string of the molecule is Cc1scnc1C(=O)N1CCCCCC1. The van der Waals surface area contributed by atoms with E-state index < -0.39 is 0 Å². The quantitative estimate of drug-likeness (QED) is 0.734. The molecule has 0 spiro atoms. The number of carbonyl (C=O) groups excluding carboxylic acids is 1. The molecule has 3 nitrogen and oxygen atoms in total. The average molecular weight is 224 g/mol. The number of thiazole rings is 1. The second kappa shape index (κ2) is 4.75. The van der Waals surface area contributed by atoms with E-state index in [1.165, 1.54) is 12.8 Å². The zero-order valence-electron chi connectivity index (χ0n) is 9.03. The number of likely N-dealkylation sites (tertiary alicyclic amines) is 1. The summed E-state index contributed by atoms with van der Waals surface area (Å²) in [7, 11) is 0. The van der Waals surface area contributed by atoms with Crippen LogP contribution in [0, 0.1) is 6.92 Å². The van der Waals surface area contributed by atoms with Crippen molar-refractivity contribution >= 4 is 17.2 Å². The summed E-state index contributed by atoms with van der Waals surface area (Å²) >= 11 is 1.54. The molecule has 1 saturated heterocycles.